The second-order valence-corrected chi connectivity index (χ2v) is 5.04. The molecule has 0 aliphatic carbocycles. The number of aldehydes is 1. The Balaban J connectivity index is 1.82. The van der Waals surface area contributed by atoms with Crippen LogP contribution in [0.5, 0.6) is 0 Å². The third-order valence-corrected chi connectivity index (χ3v) is 3.69. The van der Waals surface area contributed by atoms with Crippen LogP contribution in [0.15, 0.2) is 61.1 Å². The van der Waals surface area contributed by atoms with E-state index in [4.69, 9.17) is 0 Å². The molecule has 1 aromatic carbocycles. The minimum absolute atomic E-state index is 0.649. The van der Waals surface area contributed by atoms with Crippen LogP contribution in [0.2, 0.25) is 0 Å². The molecule has 0 spiro atoms. The highest BCUT2D eigenvalue weighted by Gasteiger charge is 2.08. The van der Waals surface area contributed by atoms with Crippen LogP contribution in [-0.2, 0) is 6.54 Å². The summed E-state index contributed by atoms with van der Waals surface area (Å²) in [7, 11) is 0. The second-order valence-electron chi connectivity index (χ2n) is 5.04. The quantitative estimate of drug-likeness (QED) is 0.539. The van der Waals surface area contributed by atoms with Gasteiger partial charge in [0.05, 0.1) is 17.8 Å². The Morgan fingerprint density at radius 2 is 2.00 bits per heavy atom. The lowest BCUT2D eigenvalue weighted by Gasteiger charge is -2.04. The molecule has 0 atom stereocenters. The van der Waals surface area contributed by atoms with Crippen LogP contribution in [0.25, 0.3) is 16.6 Å². The molecular formula is C17H13N3O. The third-order valence-electron chi connectivity index (χ3n) is 3.69. The Kier molecular flexibility index (Phi) is 2.60. The van der Waals surface area contributed by atoms with Gasteiger partial charge >= 0.3 is 0 Å². The van der Waals surface area contributed by atoms with Crippen molar-refractivity contribution in [3.05, 3.63) is 72.3 Å². The lowest BCUT2D eigenvalue weighted by Crippen LogP contribution is -2.00. The van der Waals surface area contributed by atoms with Gasteiger partial charge in [-0.2, -0.15) is 0 Å². The maximum absolute atomic E-state index is 11.2. The number of nitrogens with zero attached hydrogens (tertiary/aromatic N) is 3. The van der Waals surface area contributed by atoms with E-state index >= 15 is 0 Å². The molecule has 0 amide bonds. The Morgan fingerprint density at radius 3 is 2.86 bits per heavy atom. The van der Waals surface area contributed by atoms with Gasteiger partial charge in [0.2, 0.25) is 0 Å². The van der Waals surface area contributed by atoms with Crippen molar-refractivity contribution in [2.45, 2.75) is 6.54 Å². The van der Waals surface area contributed by atoms with Crippen molar-refractivity contribution in [2.75, 3.05) is 0 Å². The van der Waals surface area contributed by atoms with Crippen LogP contribution in [0.4, 0.5) is 0 Å². The Hall–Kier alpha value is -2.88. The topological polar surface area (TPSA) is 39.3 Å². The molecule has 3 heterocycles. The number of carbonyl (C=O) groups excluding carboxylic acids is 1. The molecule has 0 unspecified atom stereocenters. The van der Waals surface area contributed by atoms with Crippen LogP contribution in [0, 0.1) is 0 Å². The standard InChI is InChI=1S/C17H13N3O/c21-12-14-5-3-4-13-7-9-20(17(13)14)11-15-10-19-8-2-1-6-16(19)18-15/h1-10,12H,11H2. The molecule has 21 heavy (non-hydrogen) atoms. The molecule has 0 saturated carbocycles. The van der Waals surface area contributed by atoms with E-state index in [0.717, 1.165) is 28.5 Å². The second kappa shape index (κ2) is 4.59. The van der Waals surface area contributed by atoms with Gasteiger partial charge in [-0.1, -0.05) is 18.2 Å². The lowest BCUT2D eigenvalue weighted by atomic mass is 10.1. The predicted molar refractivity (Wildman–Crippen MR) is 81.6 cm³/mol. The fraction of sp³-hybridized carbons (Fsp3) is 0.0588. The number of benzene rings is 1. The van der Waals surface area contributed by atoms with E-state index < -0.39 is 0 Å². The highest BCUT2D eigenvalue weighted by Crippen LogP contribution is 2.20. The van der Waals surface area contributed by atoms with Gasteiger partial charge in [-0.25, -0.2) is 4.98 Å². The average Bonchev–Trinajstić information content (AvgIpc) is 3.11. The molecule has 0 N–H and O–H groups in total. The fourth-order valence-electron chi connectivity index (χ4n) is 2.76. The summed E-state index contributed by atoms with van der Waals surface area (Å²) < 4.78 is 4.07. The van der Waals surface area contributed by atoms with E-state index in [1.54, 1.807) is 0 Å². The summed E-state index contributed by atoms with van der Waals surface area (Å²) in [5.74, 6) is 0. The Morgan fingerprint density at radius 1 is 1.05 bits per heavy atom. The third kappa shape index (κ3) is 1.92. The summed E-state index contributed by atoms with van der Waals surface area (Å²) in [5, 5.41) is 1.07. The van der Waals surface area contributed by atoms with Crippen molar-refractivity contribution in [1.82, 2.24) is 14.0 Å². The van der Waals surface area contributed by atoms with Crippen molar-refractivity contribution in [3.63, 3.8) is 0 Å². The van der Waals surface area contributed by atoms with Gasteiger partial charge in [0.1, 0.15) is 5.65 Å². The van der Waals surface area contributed by atoms with Gasteiger partial charge in [0.25, 0.3) is 0 Å². The molecular weight excluding hydrogens is 262 g/mol. The van der Waals surface area contributed by atoms with Crippen molar-refractivity contribution in [2.24, 2.45) is 0 Å². The number of carbonyl (C=O) groups is 1. The maximum Gasteiger partial charge on any atom is 0.152 e. The first kappa shape index (κ1) is 11.9. The van der Waals surface area contributed by atoms with E-state index in [1.165, 1.54) is 0 Å². The summed E-state index contributed by atoms with van der Waals surface area (Å²) in [6.45, 7) is 0.649. The number of para-hydroxylation sites is 1. The highest BCUT2D eigenvalue weighted by atomic mass is 16.1. The van der Waals surface area contributed by atoms with Gasteiger partial charge in [-0.3, -0.25) is 4.79 Å². The van der Waals surface area contributed by atoms with Crippen molar-refractivity contribution in [1.29, 1.82) is 0 Å². The molecule has 102 valence electrons. The van der Waals surface area contributed by atoms with Crippen LogP contribution in [0.3, 0.4) is 0 Å². The Bertz CT molecular complexity index is 916. The zero-order valence-corrected chi connectivity index (χ0v) is 11.3. The monoisotopic (exact) mass is 275 g/mol. The summed E-state index contributed by atoms with van der Waals surface area (Å²) in [6, 6.07) is 13.7. The number of pyridine rings is 1. The van der Waals surface area contributed by atoms with E-state index in [2.05, 4.69) is 9.55 Å². The maximum atomic E-state index is 11.2. The SMILES string of the molecule is O=Cc1cccc2ccn(Cc3cn4ccccc4n3)c12. The van der Waals surface area contributed by atoms with Crippen molar-refractivity contribution in [3.8, 4) is 0 Å². The number of hydrogen-bond donors (Lipinski definition) is 0. The van der Waals surface area contributed by atoms with Crippen LogP contribution >= 0.6 is 0 Å². The normalized spacial score (nSPS) is 11.2. The van der Waals surface area contributed by atoms with Crippen LogP contribution in [-0.4, -0.2) is 20.2 Å². The van der Waals surface area contributed by atoms with Crippen molar-refractivity contribution >= 4 is 22.8 Å². The van der Waals surface area contributed by atoms with E-state index in [9.17, 15) is 4.79 Å². The van der Waals surface area contributed by atoms with Crippen molar-refractivity contribution < 1.29 is 4.79 Å². The van der Waals surface area contributed by atoms with Gasteiger partial charge in [0, 0.05) is 29.5 Å². The minimum Gasteiger partial charge on any atom is -0.341 e. The summed E-state index contributed by atoms with van der Waals surface area (Å²) in [4.78, 5) is 15.8. The largest absolute Gasteiger partial charge is 0.341 e. The van der Waals surface area contributed by atoms with E-state index in [0.29, 0.717) is 12.1 Å². The summed E-state index contributed by atoms with van der Waals surface area (Å²) in [6.07, 6.45) is 6.91. The Labute approximate surface area is 121 Å². The van der Waals surface area contributed by atoms with E-state index in [1.807, 2.05) is 65.5 Å². The molecule has 4 nitrogen and oxygen atoms in total. The van der Waals surface area contributed by atoms with Gasteiger partial charge in [-0.05, 0) is 24.3 Å². The zero-order valence-electron chi connectivity index (χ0n) is 11.3. The van der Waals surface area contributed by atoms with Gasteiger partial charge in [-0.15, -0.1) is 0 Å². The van der Waals surface area contributed by atoms with Gasteiger partial charge in [0.15, 0.2) is 6.29 Å². The first-order valence-electron chi connectivity index (χ1n) is 6.81. The van der Waals surface area contributed by atoms with Crippen LogP contribution < -0.4 is 0 Å². The summed E-state index contributed by atoms with van der Waals surface area (Å²) in [5.41, 5.74) is 3.57. The van der Waals surface area contributed by atoms with Crippen LogP contribution in [0.1, 0.15) is 16.1 Å². The molecule has 0 saturated heterocycles. The first-order valence-corrected chi connectivity index (χ1v) is 6.81. The average molecular weight is 275 g/mol. The molecule has 4 rings (SSSR count). The minimum atomic E-state index is 0.649. The predicted octanol–water partition coefficient (Wildman–Crippen LogP) is 3.15. The number of hydrogen-bond acceptors (Lipinski definition) is 2. The fourth-order valence-corrected chi connectivity index (χ4v) is 2.76. The number of rotatable bonds is 3. The molecule has 0 radical (unpaired) electrons. The zero-order chi connectivity index (χ0) is 14.2. The smallest absolute Gasteiger partial charge is 0.152 e. The van der Waals surface area contributed by atoms with E-state index in [-0.39, 0.29) is 0 Å². The first-order chi connectivity index (χ1) is 10.3. The number of fused-ring (bicyclic) bond motifs is 2. The molecule has 4 aromatic rings. The highest BCUT2D eigenvalue weighted by molar-refractivity contribution is 5.96. The molecule has 0 fully saturated rings. The van der Waals surface area contributed by atoms with Gasteiger partial charge < -0.3 is 8.97 Å². The lowest BCUT2D eigenvalue weighted by molar-refractivity contribution is 0.112. The summed E-state index contributed by atoms with van der Waals surface area (Å²) >= 11 is 0. The molecule has 0 aliphatic heterocycles. The molecule has 3 aromatic heterocycles. The molecule has 0 aliphatic rings. The molecule has 0 bridgehead atoms. The number of imidazole rings is 1. The number of aromatic nitrogens is 3. The molecule has 4 heteroatoms.